The van der Waals surface area contributed by atoms with Crippen molar-refractivity contribution in [2.75, 3.05) is 32.8 Å². The molecule has 0 aliphatic carbocycles. The second-order valence-electron chi connectivity index (χ2n) is 5.72. The standard InChI is InChI=1S/C15H24N2O4/c1-11-4-7-21-14(11)15(20)16-8-12-2-5-17(6-3-12)9-13(19)10-18/h4,7,12-13,18-19H,2-3,5-6,8-10H2,1H3,(H,16,20). The van der Waals surface area contributed by atoms with Crippen LogP contribution in [0.1, 0.15) is 29.0 Å². The summed E-state index contributed by atoms with van der Waals surface area (Å²) in [5.41, 5.74) is 0.848. The van der Waals surface area contributed by atoms with Crippen LogP contribution in [0.3, 0.4) is 0 Å². The van der Waals surface area contributed by atoms with E-state index >= 15 is 0 Å². The highest BCUT2D eigenvalue weighted by atomic mass is 16.3. The van der Waals surface area contributed by atoms with E-state index in [4.69, 9.17) is 9.52 Å². The average molecular weight is 296 g/mol. The Balaban J connectivity index is 1.69. The first-order chi connectivity index (χ1) is 10.1. The smallest absolute Gasteiger partial charge is 0.287 e. The van der Waals surface area contributed by atoms with Crippen molar-refractivity contribution < 1.29 is 19.4 Å². The number of carbonyl (C=O) groups is 1. The molecule has 1 amide bonds. The van der Waals surface area contributed by atoms with Gasteiger partial charge in [-0.2, -0.15) is 0 Å². The van der Waals surface area contributed by atoms with E-state index in [-0.39, 0.29) is 12.5 Å². The van der Waals surface area contributed by atoms with Gasteiger partial charge < -0.3 is 24.8 Å². The van der Waals surface area contributed by atoms with E-state index in [0.29, 0.717) is 24.8 Å². The normalized spacial score (nSPS) is 18.6. The molecule has 3 N–H and O–H groups in total. The van der Waals surface area contributed by atoms with Crippen molar-refractivity contribution in [2.45, 2.75) is 25.9 Å². The number of aliphatic hydroxyl groups excluding tert-OH is 2. The Morgan fingerprint density at radius 2 is 2.24 bits per heavy atom. The molecule has 1 aliphatic heterocycles. The Hall–Kier alpha value is -1.37. The molecule has 1 fully saturated rings. The lowest BCUT2D eigenvalue weighted by Gasteiger charge is -2.32. The van der Waals surface area contributed by atoms with E-state index in [9.17, 15) is 9.90 Å². The average Bonchev–Trinajstić information content (AvgIpc) is 2.92. The monoisotopic (exact) mass is 296 g/mol. The minimum atomic E-state index is -0.664. The fourth-order valence-electron chi connectivity index (χ4n) is 2.65. The number of hydrogen-bond donors (Lipinski definition) is 3. The van der Waals surface area contributed by atoms with Crippen LogP contribution in [0, 0.1) is 12.8 Å². The molecule has 6 heteroatoms. The number of hydrogen-bond acceptors (Lipinski definition) is 5. The summed E-state index contributed by atoms with van der Waals surface area (Å²) in [6.07, 6.45) is 2.82. The maximum atomic E-state index is 11.9. The third kappa shape index (κ3) is 4.56. The first-order valence-corrected chi connectivity index (χ1v) is 7.43. The number of β-amino-alcohol motifs (C(OH)–C–C–N with tert-alkyl or cyclic N) is 1. The van der Waals surface area contributed by atoms with Gasteiger partial charge in [0.2, 0.25) is 0 Å². The first kappa shape index (κ1) is 16.0. The fraction of sp³-hybridized carbons (Fsp3) is 0.667. The number of carbonyl (C=O) groups excluding carboxylic acids is 1. The number of rotatable bonds is 6. The number of aryl methyl sites for hydroxylation is 1. The Labute approximate surface area is 124 Å². The predicted molar refractivity (Wildman–Crippen MR) is 78.0 cm³/mol. The lowest BCUT2D eigenvalue weighted by Crippen LogP contribution is -2.42. The van der Waals surface area contributed by atoms with Gasteiger partial charge in [0.25, 0.3) is 5.91 Å². The zero-order valence-electron chi connectivity index (χ0n) is 12.4. The summed E-state index contributed by atoms with van der Waals surface area (Å²) in [4.78, 5) is 14.1. The minimum Gasteiger partial charge on any atom is -0.459 e. The number of nitrogens with zero attached hydrogens (tertiary/aromatic N) is 1. The summed E-state index contributed by atoms with van der Waals surface area (Å²) in [6.45, 7) is 4.59. The highest BCUT2D eigenvalue weighted by Crippen LogP contribution is 2.17. The van der Waals surface area contributed by atoms with Crippen LogP contribution in [-0.2, 0) is 0 Å². The van der Waals surface area contributed by atoms with Gasteiger partial charge in [0.1, 0.15) is 0 Å². The molecule has 0 spiro atoms. The van der Waals surface area contributed by atoms with Crippen LogP contribution in [0.5, 0.6) is 0 Å². The molecule has 2 heterocycles. The van der Waals surface area contributed by atoms with Gasteiger partial charge >= 0.3 is 0 Å². The minimum absolute atomic E-state index is 0.157. The van der Waals surface area contributed by atoms with Crippen LogP contribution in [0.15, 0.2) is 16.7 Å². The van der Waals surface area contributed by atoms with Gasteiger partial charge in [0, 0.05) is 18.7 Å². The molecule has 1 unspecified atom stereocenters. The second-order valence-corrected chi connectivity index (χ2v) is 5.72. The number of amides is 1. The summed E-state index contributed by atoms with van der Waals surface area (Å²) in [6, 6.07) is 1.78. The van der Waals surface area contributed by atoms with Gasteiger partial charge in [0.05, 0.1) is 19.0 Å². The van der Waals surface area contributed by atoms with Crippen molar-refractivity contribution in [2.24, 2.45) is 5.92 Å². The van der Waals surface area contributed by atoms with Crippen LogP contribution in [0.25, 0.3) is 0 Å². The predicted octanol–water partition coefficient (Wildman–Crippen LogP) is 0.383. The zero-order valence-corrected chi connectivity index (χ0v) is 12.4. The van der Waals surface area contributed by atoms with Crippen molar-refractivity contribution in [3.8, 4) is 0 Å². The first-order valence-electron chi connectivity index (χ1n) is 7.43. The molecular weight excluding hydrogens is 272 g/mol. The van der Waals surface area contributed by atoms with Crippen LogP contribution < -0.4 is 5.32 Å². The highest BCUT2D eigenvalue weighted by Gasteiger charge is 2.22. The number of furan rings is 1. The van der Waals surface area contributed by atoms with Crippen LogP contribution in [0.2, 0.25) is 0 Å². The molecule has 21 heavy (non-hydrogen) atoms. The summed E-state index contributed by atoms with van der Waals surface area (Å²) >= 11 is 0. The third-order valence-corrected chi connectivity index (χ3v) is 4.01. The van der Waals surface area contributed by atoms with Gasteiger partial charge in [-0.3, -0.25) is 4.79 Å². The number of likely N-dealkylation sites (tertiary alicyclic amines) is 1. The molecule has 0 radical (unpaired) electrons. The Morgan fingerprint density at radius 1 is 1.52 bits per heavy atom. The molecule has 2 rings (SSSR count). The summed E-state index contributed by atoms with van der Waals surface area (Å²) in [5.74, 6) is 0.681. The molecular formula is C15H24N2O4. The molecule has 1 aromatic rings. The molecule has 0 aromatic carbocycles. The molecule has 1 atom stereocenters. The fourth-order valence-corrected chi connectivity index (χ4v) is 2.65. The summed E-state index contributed by atoms with van der Waals surface area (Å²) in [5, 5.41) is 21.2. The van der Waals surface area contributed by atoms with Crippen molar-refractivity contribution in [1.29, 1.82) is 0 Å². The molecule has 118 valence electrons. The van der Waals surface area contributed by atoms with E-state index in [1.165, 1.54) is 6.26 Å². The molecule has 1 aliphatic rings. The molecule has 0 bridgehead atoms. The van der Waals surface area contributed by atoms with Gasteiger partial charge in [-0.15, -0.1) is 0 Å². The van der Waals surface area contributed by atoms with E-state index in [1.807, 2.05) is 6.92 Å². The quantitative estimate of drug-likeness (QED) is 0.707. The lowest BCUT2D eigenvalue weighted by atomic mass is 9.96. The summed E-state index contributed by atoms with van der Waals surface area (Å²) < 4.78 is 5.17. The molecule has 0 saturated carbocycles. The van der Waals surface area contributed by atoms with Crippen LogP contribution in [-0.4, -0.2) is 59.9 Å². The third-order valence-electron chi connectivity index (χ3n) is 4.01. The van der Waals surface area contributed by atoms with E-state index in [1.54, 1.807) is 6.07 Å². The van der Waals surface area contributed by atoms with Crippen molar-refractivity contribution in [1.82, 2.24) is 10.2 Å². The second kappa shape index (κ2) is 7.59. The molecule has 1 saturated heterocycles. The van der Waals surface area contributed by atoms with Crippen molar-refractivity contribution in [3.63, 3.8) is 0 Å². The molecule has 6 nitrogen and oxygen atoms in total. The van der Waals surface area contributed by atoms with Crippen LogP contribution >= 0.6 is 0 Å². The number of piperidine rings is 1. The van der Waals surface area contributed by atoms with Gasteiger partial charge in [-0.25, -0.2) is 0 Å². The van der Waals surface area contributed by atoms with Gasteiger partial charge in [0.15, 0.2) is 5.76 Å². The van der Waals surface area contributed by atoms with E-state index in [0.717, 1.165) is 31.5 Å². The Morgan fingerprint density at radius 3 is 2.81 bits per heavy atom. The van der Waals surface area contributed by atoms with Gasteiger partial charge in [-0.1, -0.05) is 0 Å². The topological polar surface area (TPSA) is 85.9 Å². The lowest BCUT2D eigenvalue weighted by molar-refractivity contribution is 0.0472. The Kier molecular flexibility index (Phi) is 5.78. The van der Waals surface area contributed by atoms with Gasteiger partial charge in [-0.05, 0) is 44.8 Å². The van der Waals surface area contributed by atoms with Crippen LogP contribution in [0.4, 0.5) is 0 Å². The highest BCUT2D eigenvalue weighted by molar-refractivity contribution is 5.92. The molecule has 1 aromatic heterocycles. The maximum Gasteiger partial charge on any atom is 0.287 e. The van der Waals surface area contributed by atoms with Crippen molar-refractivity contribution in [3.05, 3.63) is 23.7 Å². The number of aliphatic hydroxyl groups is 2. The largest absolute Gasteiger partial charge is 0.459 e. The van der Waals surface area contributed by atoms with E-state index < -0.39 is 6.10 Å². The number of nitrogens with one attached hydrogen (secondary N) is 1. The van der Waals surface area contributed by atoms with E-state index in [2.05, 4.69) is 10.2 Å². The SMILES string of the molecule is Cc1ccoc1C(=O)NCC1CCN(CC(O)CO)CC1. The summed E-state index contributed by atoms with van der Waals surface area (Å²) in [7, 11) is 0. The van der Waals surface area contributed by atoms with Crippen molar-refractivity contribution >= 4 is 5.91 Å². The Bertz CT molecular complexity index is 452. The zero-order chi connectivity index (χ0) is 15.2. The maximum absolute atomic E-state index is 11.9.